The summed E-state index contributed by atoms with van der Waals surface area (Å²) in [5, 5.41) is 29.8. The number of carbonyl (C=O) groups excluding carboxylic acids is 3. The van der Waals surface area contributed by atoms with Crippen LogP contribution in [0.15, 0.2) is 58.9 Å². The molecule has 0 bridgehead atoms. The number of alkyl carbamates (subject to hydrolysis) is 1. The van der Waals surface area contributed by atoms with Gasteiger partial charge >= 0.3 is 12.1 Å². The monoisotopic (exact) mass is 801 g/mol. The molecule has 0 radical (unpaired) electrons. The van der Waals surface area contributed by atoms with E-state index in [4.69, 9.17) is 35.8 Å². The molecule has 1 fully saturated rings. The van der Waals surface area contributed by atoms with Gasteiger partial charge in [-0.05, 0) is 63.4 Å². The third kappa shape index (κ3) is 11.8. The van der Waals surface area contributed by atoms with Crippen molar-refractivity contribution in [3.63, 3.8) is 0 Å². The molecule has 1 saturated heterocycles. The lowest BCUT2D eigenvalue weighted by molar-refractivity contribution is -0.144. The Morgan fingerprint density at radius 3 is 2.31 bits per heavy atom. The van der Waals surface area contributed by atoms with Gasteiger partial charge in [0.05, 0.1) is 11.3 Å². The predicted octanol–water partition coefficient (Wildman–Crippen LogP) is 7.11. The Bertz CT molecular complexity index is 2070. The van der Waals surface area contributed by atoms with E-state index < -0.39 is 23.6 Å². The summed E-state index contributed by atoms with van der Waals surface area (Å²) < 4.78 is 16.0. The average molecular weight is 802 g/mol. The van der Waals surface area contributed by atoms with Crippen molar-refractivity contribution < 1.29 is 28.6 Å². The third-order valence-electron chi connectivity index (χ3n) is 7.98. The van der Waals surface area contributed by atoms with Gasteiger partial charge in [0.1, 0.15) is 64.7 Å². The van der Waals surface area contributed by atoms with Crippen LogP contribution in [0.3, 0.4) is 0 Å². The summed E-state index contributed by atoms with van der Waals surface area (Å²) in [6.45, 7) is 6.46. The van der Waals surface area contributed by atoms with Gasteiger partial charge in [0, 0.05) is 53.3 Å². The SMILES string of the molecule is CC(C)(C)OC(=O)NCCC(=O)NCC(=O)OCCOc1ccc(-c2c(C#N)c(SCc3csc(-c4ccc(Cl)cc4)n3)nc(N3CCCC3)c2C#N)cc1. The lowest BCUT2D eigenvalue weighted by Gasteiger charge is -2.22. The molecule has 0 aliphatic carbocycles. The molecule has 1 aliphatic heterocycles. The predicted molar refractivity (Wildman–Crippen MR) is 211 cm³/mol. The van der Waals surface area contributed by atoms with E-state index in [0.717, 1.165) is 42.2 Å². The first-order valence-electron chi connectivity index (χ1n) is 17.5. The number of hydrogen-bond acceptors (Lipinski definition) is 13. The highest BCUT2D eigenvalue weighted by atomic mass is 35.5. The van der Waals surface area contributed by atoms with Crippen molar-refractivity contribution in [2.45, 2.75) is 56.4 Å². The van der Waals surface area contributed by atoms with Crippen LogP contribution in [0.25, 0.3) is 21.7 Å². The summed E-state index contributed by atoms with van der Waals surface area (Å²) in [7, 11) is 0. The Morgan fingerprint density at radius 2 is 1.64 bits per heavy atom. The van der Waals surface area contributed by atoms with E-state index in [-0.39, 0.29) is 32.7 Å². The second-order valence-electron chi connectivity index (χ2n) is 13.3. The van der Waals surface area contributed by atoms with Crippen LogP contribution in [0, 0.1) is 22.7 Å². The smallest absolute Gasteiger partial charge is 0.407 e. The molecule has 55 heavy (non-hydrogen) atoms. The van der Waals surface area contributed by atoms with Crippen molar-refractivity contribution in [1.82, 2.24) is 20.6 Å². The van der Waals surface area contributed by atoms with Gasteiger partial charge in [0.15, 0.2) is 0 Å². The fraction of sp³-hybridized carbons (Fsp3) is 0.359. The number of nitriles is 2. The van der Waals surface area contributed by atoms with Crippen LogP contribution in [0.5, 0.6) is 5.75 Å². The van der Waals surface area contributed by atoms with E-state index in [1.165, 1.54) is 23.1 Å². The van der Waals surface area contributed by atoms with Crippen LogP contribution in [0.2, 0.25) is 5.02 Å². The molecule has 2 aromatic heterocycles. The number of esters is 1. The Morgan fingerprint density at radius 1 is 0.945 bits per heavy atom. The molecule has 4 aromatic rings. The summed E-state index contributed by atoms with van der Waals surface area (Å²) in [5.74, 6) is 0.461. The number of nitrogens with zero attached hydrogens (tertiary/aromatic N) is 5. The first kappa shape index (κ1) is 40.8. The number of ether oxygens (including phenoxy) is 3. The number of nitrogens with one attached hydrogen (secondary N) is 2. The zero-order valence-electron chi connectivity index (χ0n) is 30.6. The Balaban J connectivity index is 1.19. The third-order valence-corrected chi connectivity index (χ3v) is 10.2. The van der Waals surface area contributed by atoms with Crippen LogP contribution >= 0.6 is 34.7 Å². The summed E-state index contributed by atoms with van der Waals surface area (Å²) >= 11 is 9.00. The number of pyridine rings is 1. The molecule has 286 valence electrons. The summed E-state index contributed by atoms with van der Waals surface area (Å²) in [4.78, 5) is 47.6. The lowest BCUT2D eigenvalue weighted by atomic mass is 9.96. The molecule has 5 rings (SSSR count). The van der Waals surface area contributed by atoms with Crippen molar-refractivity contribution in [2.75, 3.05) is 44.3 Å². The van der Waals surface area contributed by atoms with E-state index in [9.17, 15) is 24.9 Å². The summed E-state index contributed by atoms with van der Waals surface area (Å²) in [6, 6.07) is 19.2. The number of halogens is 1. The van der Waals surface area contributed by atoms with Gasteiger partial charge < -0.3 is 29.7 Å². The first-order chi connectivity index (χ1) is 26.4. The fourth-order valence-corrected chi connectivity index (χ4v) is 7.42. The standard InChI is InChI=1S/C39H40ClN7O6S2/c1-39(2,3)53-38(50)43-15-14-32(48)44-22-33(49)52-19-18-51-29-12-8-25(9-13-29)34-30(20-41)35(47-16-4-5-17-47)46-37(31(34)21-42)55-24-28-23-54-36(45-28)26-6-10-27(40)11-7-26/h6-13,23H,4-5,14-19,22,24H2,1-3H3,(H,43,50)(H,44,48). The minimum absolute atomic E-state index is 0.0320. The number of rotatable bonds is 15. The number of thioether (sulfide) groups is 1. The second kappa shape index (κ2) is 19.3. The zero-order chi connectivity index (χ0) is 39.4. The molecule has 13 nitrogen and oxygen atoms in total. The normalized spacial score (nSPS) is 12.4. The number of carbonyl (C=O) groups is 3. The van der Waals surface area contributed by atoms with Gasteiger partial charge in [0.25, 0.3) is 0 Å². The van der Waals surface area contributed by atoms with Crippen molar-refractivity contribution >= 4 is 58.5 Å². The lowest BCUT2D eigenvalue weighted by Crippen LogP contribution is -2.36. The molecule has 3 heterocycles. The van der Waals surface area contributed by atoms with E-state index in [2.05, 4.69) is 27.7 Å². The molecule has 0 atom stereocenters. The highest BCUT2D eigenvalue weighted by Crippen LogP contribution is 2.40. The molecule has 0 saturated carbocycles. The molecule has 16 heteroatoms. The molecule has 2 amide bonds. The molecular formula is C39H40ClN7O6S2. The highest BCUT2D eigenvalue weighted by molar-refractivity contribution is 7.98. The van der Waals surface area contributed by atoms with Crippen LogP contribution in [0.4, 0.5) is 10.6 Å². The van der Waals surface area contributed by atoms with Gasteiger partial charge in [-0.25, -0.2) is 14.8 Å². The molecule has 1 aliphatic rings. The van der Waals surface area contributed by atoms with Gasteiger partial charge in [-0.1, -0.05) is 47.6 Å². The number of benzene rings is 2. The van der Waals surface area contributed by atoms with Crippen molar-refractivity contribution in [3.05, 3.63) is 75.8 Å². The number of thiazole rings is 1. The largest absolute Gasteiger partial charge is 0.490 e. The van der Waals surface area contributed by atoms with Crippen molar-refractivity contribution in [1.29, 1.82) is 10.5 Å². The minimum Gasteiger partial charge on any atom is -0.490 e. The highest BCUT2D eigenvalue weighted by Gasteiger charge is 2.26. The number of anilines is 1. The molecule has 2 aromatic carbocycles. The number of aromatic nitrogens is 2. The van der Waals surface area contributed by atoms with Crippen LogP contribution in [0.1, 0.15) is 56.9 Å². The Labute approximate surface area is 333 Å². The molecule has 2 N–H and O–H groups in total. The van der Waals surface area contributed by atoms with Crippen LogP contribution in [-0.4, -0.2) is 72.9 Å². The zero-order valence-corrected chi connectivity index (χ0v) is 33.0. The maximum atomic E-state index is 12.1. The van der Waals surface area contributed by atoms with E-state index in [1.807, 2.05) is 29.6 Å². The average Bonchev–Trinajstić information content (AvgIpc) is 3.87. The maximum absolute atomic E-state index is 12.1. The van der Waals surface area contributed by atoms with E-state index >= 15 is 0 Å². The molecule has 0 spiro atoms. The summed E-state index contributed by atoms with van der Waals surface area (Å²) in [6.07, 6.45) is 1.31. The van der Waals surface area contributed by atoms with Crippen LogP contribution in [-0.2, 0) is 24.8 Å². The Hall–Kier alpha value is -5.35. The summed E-state index contributed by atoms with van der Waals surface area (Å²) in [5.41, 5.74) is 2.99. The quantitative estimate of drug-likeness (QED) is 0.0708. The van der Waals surface area contributed by atoms with E-state index in [0.29, 0.717) is 49.6 Å². The second-order valence-corrected chi connectivity index (χ2v) is 15.5. The van der Waals surface area contributed by atoms with Crippen molar-refractivity contribution in [2.24, 2.45) is 0 Å². The topological polar surface area (TPSA) is 180 Å². The molecule has 0 unspecified atom stereocenters. The van der Waals surface area contributed by atoms with Gasteiger partial charge in [-0.3, -0.25) is 9.59 Å². The first-order valence-corrected chi connectivity index (χ1v) is 19.8. The maximum Gasteiger partial charge on any atom is 0.407 e. The van der Waals surface area contributed by atoms with Gasteiger partial charge in [0.2, 0.25) is 5.91 Å². The number of hydrogen-bond donors (Lipinski definition) is 2. The number of amides is 2. The molecular weight excluding hydrogens is 762 g/mol. The van der Waals surface area contributed by atoms with Crippen LogP contribution < -0.4 is 20.3 Å². The Kier molecular flexibility index (Phi) is 14.3. The minimum atomic E-state index is -0.649. The van der Waals surface area contributed by atoms with Gasteiger partial charge in [-0.15, -0.1) is 11.3 Å². The van der Waals surface area contributed by atoms with Gasteiger partial charge in [-0.2, -0.15) is 10.5 Å². The fourth-order valence-electron chi connectivity index (χ4n) is 5.49. The van der Waals surface area contributed by atoms with E-state index in [1.54, 1.807) is 45.0 Å². The van der Waals surface area contributed by atoms with Crippen molar-refractivity contribution in [3.8, 4) is 39.6 Å².